The topological polar surface area (TPSA) is 33.6 Å². The van der Waals surface area contributed by atoms with Crippen molar-refractivity contribution in [2.45, 2.75) is 39.2 Å². The number of pyridine rings is 1. The van der Waals surface area contributed by atoms with Crippen LogP contribution in [0.15, 0.2) is 18.3 Å². The number of H-pyrrole nitrogens is 1. The van der Waals surface area contributed by atoms with Crippen molar-refractivity contribution in [2.75, 3.05) is 0 Å². The minimum atomic E-state index is 0.459. The van der Waals surface area contributed by atoms with Crippen molar-refractivity contribution >= 4 is 23.4 Å². The van der Waals surface area contributed by atoms with E-state index in [-0.39, 0.29) is 0 Å². The highest BCUT2D eigenvalue weighted by Gasteiger charge is 2.13. The lowest BCUT2D eigenvalue weighted by molar-refractivity contribution is 0.451. The van der Waals surface area contributed by atoms with Crippen molar-refractivity contribution in [2.24, 2.45) is 0 Å². The largest absolute Gasteiger partial charge is 0.329 e. The lowest BCUT2D eigenvalue weighted by Crippen LogP contribution is -2.08. The monoisotopic (exact) mass is 235 g/mol. The van der Waals surface area contributed by atoms with E-state index >= 15 is 0 Å². The Morgan fingerprint density at radius 1 is 1.50 bits per heavy atom. The van der Waals surface area contributed by atoms with Gasteiger partial charge in [-0.2, -0.15) is 0 Å². The number of nitrogens with zero attached hydrogens (tertiary/aromatic N) is 2. The highest BCUT2D eigenvalue weighted by Crippen LogP contribution is 2.23. The van der Waals surface area contributed by atoms with Gasteiger partial charge in [-0.15, -0.1) is 0 Å². The van der Waals surface area contributed by atoms with Crippen LogP contribution in [0.4, 0.5) is 0 Å². The van der Waals surface area contributed by atoms with Crippen LogP contribution in [0, 0.1) is 4.77 Å². The molecule has 2 aromatic rings. The second kappa shape index (κ2) is 4.78. The molecule has 0 bridgehead atoms. The van der Waals surface area contributed by atoms with E-state index in [0.29, 0.717) is 6.04 Å². The zero-order valence-corrected chi connectivity index (χ0v) is 10.5. The van der Waals surface area contributed by atoms with Gasteiger partial charge in [0.2, 0.25) is 0 Å². The number of aromatic nitrogens is 3. The van der Waals surface area contributed by atoms with Crippen molar-refractivity contribution in [3.05, 3.63) is 23.1 Å². The van der Waals surface area contributed by atoms with Crippen LogP contribution in [-0.4, -0.2) is 14.5 Å². The van der Waals surface area contributed by atoms with Gasteiger partial charge in [-0.25, -0.2) is 4.98 Å². The molecular weight excluding hydrogens is 218 g/mol. The SMILES string of the molecule is CCCC(CC)n1c(=S)[nH]c2cccnc21. The molecule has 1 N–H and O–H groups in total. The fraction of sp³-hybridized carbons (Fsp3) is 0.500. The molecule has 0 amide bonds. The molecule has 0 radical (unpaired) electrons. The number of fused-ring (bicyclic) bond motifs is 1. The standard InChI is InChI=1S/C12H17N3S/c1-3-6-9(4-2)15-11-10(14-12(15)16)7-5-8-13-11/h5,7-9H,3-4,6H2,1-2H3,(H,14,16). The Hall–Kier alpha value is -1.16. The number of nitrogens with one attached hydrogen (secondary N) is 1. The summed E-state index contributed by atoms with van der Waals surface area (Å²) in [6.45, 7) is 4.40. The van der Waals surface area contributed by atoms with Crippen LogP contribution >= 0.6 is 12.2 Å². The fourth-order valence-electron chi connectivity index (χ4n) is 2.15. The van der Waals surface area contributed by atoms with Gasteiger partial charge in [0.15, 0.2) is 10.4 Å². The first-order valence-corrected chi connectivity index (χ1v) is 6.24. The first-order chi connectivity index (χ1) is 7.77. The van der Waals surface area contributed by atoms with Crippen LogP contribution < -0.4 is 0 Å². The molecule has 0 saturated heterocycles. The summed E-state index contributed by atoms with van der Waals surface area (Å²) in [5.74, 6) is 0. The average molecular weight is 235 g/mol. The summed E-state index contributed by atoms with van der Waals surface area (Å²) in [4.78, 5) is 7.63. The maximum Gasteiger partial charge on any atom is 0.179 e. The predicted octanol–water partition coefficient (Wildman–Crippen LogP) is 3.85. The van der Waals surface area contributed by atoms with Crippen LogP contribution in [0.2, 0.25) is 0 Å². The maximum atomic E-state index is 5.38. The highest BCUT2D eigenvalue weighted by molar-refractivity contribution is 7.71. The Kier molecular flexibility index (Phi) is 3.39. The maximum absolute atomic E-state index is 5.38. The number of aromatic amines is 1. The molecule has 2 aromatic heterocycles. The van der Waals surface area contributed by atoms with Crippen LogP contribution in [0.5, 0.6) is 0 Å². The molecule has 4 heteroatoms. The number of rotatable bonds is 4. The van der Waals surface area contributed by atoms with E-state index in [2.05, 4.69) is 28.4 Å². The lowest BCUT2D eigenvalue weighted by atomic mass is 10.1. The molecule has 0 aliphatic carbocycles. The zero-order valence-electron chi connectivity index (χ0n) is 9.73. The Morgan fingerprint density at radius 3 is 3.00 bits per heavy atom. The molecule has 0 spiro atoms. The molecule has 2 heterocycles. The summed E-state index contributed by atoms with van der Waals surface area (Å²) in [5, 5.41) is 0. The number of hydrogen-bond acceptors (Lipinski definition) is 2. The van der Waals surface area contributed by atoms with Gasteiger partial charge < -0.3 is 4.98 Å². The molecule has 3 nitrogen and oxygen atoms in total. The Bertz CT molecular complexity index is 526. The molecule has 0 aliphatic rings. The van der Waals surface area contributed by atoms with Gasteiger partial charge in [-0.05, 0) is 37.2 Å². The lowest BCUT2D eigenvalue weighted by Gasteiger charge is -2.16. The quantitative estimate of drug-likeness (QED) is 0.817. The Morgan fingerprint density at radius 2 is 2.31 bits per heavy atom. The summed E-state index contributed by atoms with van der Waals surface area (Å²) in [7, 11) is 0. The van der Waals surface area contributed by atoms with Gasteiger partial charge in [0.1, 0.15) is 0 Å². The predicted molar refractivity (Wildman–Crippen MR) is 69.2 cm³/mol. The van der Waals surface area contributed by atoms with Gasteiger partial charge in [-0.1, -0.05) is 20.3 Å². The summed E-state index contributed by atoms with van der Waals surface area (Å²) < 4.78 is 2.95. The van der Waals surface area contributed by atoms with Crippen LogP contribution in [0.25, 0.3) is 11.2 Å². The first-order valence-electron chi connectivity index (χ1n) is 5.83. The fourth-order valence-corrected chi connectivity index (χ4v) is 2.49. The second-order valence-corrected chi connectivity index (χ2v) is 4.41. The van der Waals surface area contributed by atoms with E-state index in [4.69, 9.17) is 12.2 Å². The highest BCUT2D eigenvalue weighted by atomic mass is 32.1. The van der Waals surface area contributed by atoms with Crippen molar-refractivity contribution < 1.29 is 0 Å². The van der Waals surface area contributed by atoms with Gasteiger partial charge in [0.25, 0.3) is 0 Å². The van der Waals surface area contributed by atoms with Crippen LogP contribution in [-0.2, 0) is 0 Å². The van der Waals surface area contributed by atoms with Crippen molar-refractivity contribution in [3.8, 4) is 0 Å². The third-order valence-electron chi connectivity index (χ3n) is 2.93. The normalized spacial score (nSPS) is 13.1. The zero-order chi connectivity index (χ0) is 11.5. The Labute approximate surface area is 101 Å². The van der Waals surface area contributed by atoms with Crippen molar-refractivity contribution in [1.82, 2.24) is 14.5 Å². The van der Waals surface area contributed by atoms with E-state index in [1.165, 1.54) is 6.42 Å². The molecule has 16 heavy (non-hydrogen) atoms. The summed E-state index contributed by atoms with van der Waals surface area (Å²) in [5.41, 5.74) is 2.01. The van der Waals surface area contributed by atoms with Crippen LogP contribution in [0.1, 0.15) is 39.2 Å². The minimum Gasteiger partial charge on any atom is -0.329 e. The van der Waals surface area contributed by atoms with E-state index < -0.39 is 0 Å². The molecule has 0 aliphatic heterocycles. The average Bonchev–Trinajstić information content (AvgIpc) is 2.62. The van der Waals surface area contributed by atoms with E-state index in [1.54, 1.807) is 0 Å². The van der Waals surface area contributed by atoms with Crippen molar-refractivity contribution in [3.63, 3.8) is 0 Å². The molecule has 2 rings (SSSR count). The smallest absolute Gasteiger partial charge is 0.179 e. The van der Waals surface area contributed by atoms with Crippen LogP contribution in [0.3, 0.4) is 0 Å². The summed E-state index contributed by atoms with van der Waals surface area (Å²) in [6.07, 6.45) is 5.22. The minimum absolute atomic E-state index is 0.459. The summed E-state index contributed by atoms with van der Waals surface area (Å²) in [6, 6.07) is 4.41. The molecule has 0 fully saturated rings. The second-order valence-electron chi connectivity index (χ2n) is 4.03. The van der Waals surface area contributed by atoms with Gasteiger partial charge in [0.05, 0.1) is 5.52 Å². The third kappa shape index (κ3) is 1.89. The number of hydrogen-bond donors (Lipinski definition) is 1. The third-order valence-corrected chi connectivity index (χ3v) is 3.23. The van der Waals surface area contributed by atoms with E-state index in [1.807, 2.05) is 18.3 Å². The molecule has 0 saturated carbocycles. The van der Waals surface area contributed by atoms with Crippen molar-refractivity contribution in [1.29, 1.82) is 0 Å². The van der Waals surface area contributed by atoms with E-state index in [9.17, 15) is 0 Å². The molecular formula is C12H17N3S. The molecule has 1 unspecified atom stereocenters. The van der Waals surface area contributed by atoms with Gasteiger partial charge >= 0.3 is 0 Å². The summed E-state index contributed by atoms with van der Waals surface area (Å²) >= 11 is 5.38. The Balaban J connectivity index is 2.57. The molecule has 1 atom stereocenters. The molecule has 0 aromatic carbocycles. The number of imidazole rings is 1. The van der Waals surface area contributed by atoms with Gasteiger partial charge in [-0.3, -0.25) is 4.57 Å². The first kappa shape index (κ1) is 11.3. The van der Waals surface area contributed by atoms with Gasteiger partial charge in [0, 0.05) is 12.2 Å². The van der Waals surface area contributed by atoms with E-state index in [0.717, 1.165) is 28.8 Å². The molecule has 86 valence electrons.